The molecular weight excluding hydrogens is 352 g/mol. The summed E-state index contributed by atoms with van der Waals surface area (Å²) in [7, 11) is 0. The SMILES string of the molecule is C.C.CC.CC.CC.CC1CCCCO1.CC1CCCO1.CC1COCCO1. The molecule has 3 unspecified atom stereocenters. The monoisotopic (exact) mass is 410 g/mol. The molecule has 3 aliphatic heterocycles. The first-order chi connectivity index (χ1) is 12.7. The molecular formula is C24H58O4. The first kappa shape index (κ1) is 38.4. The summed E-state index contributed by atoms with van der Waals surface area (Å²) in [5, 5.41) is 0. The van der Waals surface area contributed by atoms with Gasteiger partial charge in [-0.25, -0.2) is 0 Å². The first-order valence-corrected chi connectivity index (χ1v) is 11.1. The van der Waals surface area contributed by atoms with E-state index in [1.807, 2.05) is 48.5 Å². The molecule has 3 aliphatic rings. The van der Waals surface area contributed by atoms with E-state index in [1.54, 1.807) is 0 Å². The van der Waals surface area contributed by atoms with Crippen molar-refractivity contribution < 1.29 is 18.9 Å². The highest BCUT2D eigenvalue weighted by atomic mass is 16.6. The van der Waals surface area contributed by atoms with E-state index < -0.39 is 0 Å². The molecule has 0 aromatic rings. The quantitative estimate of drug-likeness (QED) is 0.413. The standard InChI is InChI=1S/C6H12O.C5H10O2.C5H10O.3C2H6.2CH4/c1-6-4-2-3-5-7-6;1-5-4-6-2-3-7-5;1-5-3-2-4-6-5;3*1-2;;/h6H,2-5H2,1H3;5H,2-4H2,1H3;5H,2-4H2,1H3;3*1-2H3;2*1H4. The molecule has 3 saturated heterocycles. The first-order valence-electron chi connectivity index (χ1n) is 11.1. The van der Waals surface area contributed by atoms with Crippen molar-refractivity contribution in [2.45, 2.75) is 128 Å². The Balaban J connectivity index is -0.0000000809. The van der Waals surface area contributed by atoms with Crippen LogP contribution in [-0.2, 0) is 18.9 Å². The van der Waals surface area contributed by atoms with Crippen LogP contribution in [0.3, 0.4) is 0 Å². The van der Waals surface area contributed by atoms with Crippen molar-refractivity contribution in [3.05, 3.63) is 0 Å². The lowest BCUT2D eigenvalue weighted by Crippen LogP contribution is -2.25. The Hall–Kier alpha value is -0.160. The van der Waals surface area contributed by atoms with Crippen molar-refractivity contribution in [3.63, 3.8) is 0 Å². The van der Waals surface area contributed by atoms with Gasteiger partial charge in [-0.05, 0) is 52.9 Å². The predicted octanol–water partition coefficient (Wildman–Crippen LogP) is 7.53. The minimum atomic E-state index is 0. The van der Waals surface area contributed by atoms with Crippen LogP contribution in [0.25, 0.3) is 0 Å². The minimum Gasteiger partial charge on any atom is -0.379 e. The fourth-order valence-corrected chi connectivity index (χ4v) is 2.25. The zero-order valence-electron chi connectivity index (χ0n) is 19.4. The predicted molar refractivity (Wildman–Crippen MR) is 128 cm³/mol. The summed E-state index contributed by atoms with van der Waals surface area (Å²) in [5.41, 5.74) is 0. The maximum Gasteiger partial charge on any atom is 0.0781 e. The van der Waals surface area contributed by atoms with Gasteiger partial charge in [0.1, 0.15) is 0 Å². The summed E-state index contributed by atoms with van der Waals surface area (Å²) in [6.45, 7) is 22.5. The van der Waals surface area contributed by atoms with Crippen LogP contribution in [0.2, 0.25) is 0 Å². The molecule has 4 nitrogen and oxygen atoms in total. The summed E-state index contributed by atoms with van der Waals surface area (Å²) in [6.07, 6.45) is 7.82. The van der Waals surface area contributed by atoms with Crippen molar-refractivity contribution in [2.24, 2.45) is 0 Å². The minimum absolute atomic E-state index is 0. The molecule has 0 aromatic carbocycles. The van der Waals surface area contributed by atoms with E-state index in [-0.39, 0.29) is 14.9 Å². The second-order valence-corrected chi connectivity index (χ2v) is 5.76. The molecule has 0 aliphatic carbocycles. The van der Waals surface area contributed by atoms with Crippen molar-refractivity contribution in [1.82, 2.24) is 0 Å². The molecule has 0 bridgehead atoms. The average molecular weight is 411 g/mol. The molecule has 0 N–H and O–H groups in total. The highest BCUT2D eigenvalue weighted by Crippen LogP contribution is 2.10. The summed E-state index contributed by atoms with van der Waals surface area (Å²) in [5.74, 6) is 0. The van der Waals surface area contributed by atoms with Gasteiger partial charge in [-0.1, -0.05) is 56.4 Å². The van der Waals surface area contributed by atoms with Gasteiger partial charge >= 0.3 is 0 Å². The lowest BCUT2D eigenvalue weighted by molar-refractivity contribution is -0.0797. The molecule has 3 heterocycles. The topological polar surface area (TPSA) is 36.9 Å². The number of hydrogen-bond acceptors (Lipinski definition) is 4. The highest BCUT2D eigenvalue weighted by Gasteiger charge is 2.07. The van der Waals surface area contributed by atoms with E-state index >= 15 is 0 Å². The fraction of sp³-hybridized carbons (Fsp3) is 1.00. The number of ether oxygens (including phenoxy) is 4. The molecule has 0 saturated carbocycles. The fourth-order valence-electron chi connectivity index (χ4n) is 2.25. The lowest BCUT2D eigenvalue weighted by Gasteiger charge is -2.18. The molecule has 0 amide bonds. The normalized spacial score (nSPS) is 24.5. The molecule has 3 fully saturated rings. The van der Waals surface area contributed by atoms with Gasteiger partial charge < -0.3 is 18.9 Å². The third-order valence-corrected chi connectivity index (χ3v) is 3.55. The molecule has 3 atom stereocenters. The summed E-state index contributed by atoms with van der Waals surface area (Å²) < 4.78 is 20.6. The van der Waals surface area contributed by atoms with E-state index in [1.165, 1.54) is 32.1 Å². The summed E-state index contributed by atoms with van der Waals surface area (Å²) in [6, 6.07) is 0. The second kappa shape index (κ2) is 34.4. The second-order valence-electron chi connectivity index (χ2n) is 5.76. The molecule has 0 aromatic heterocycles. The van der Waals surface area contributed by atoms with Crippen LogP contribution in [0, 0.1) is 0 Å². The molecule has 4 heteroatoms. The molecule has 0 radical (unpaired) electrons. The summed E-state index contributed by atoms with van der Waals surface area (Å²) in [4.78, 5) is 0. The summed E-state index contributed by atoms with van der Waals surface area (Å²) >= 11 is 0. The van der Waals surface area contributed by atoms with E-state index in [2.05, 4.69) is 13.8 Å². The Kier molecular flexibility index (Phi) is 47.2. The zero-order valence-corrected chi connectivity index (χ0v) is 19.4. The van der Waals surface area contributed by atoms with Gasteiger partial charge in [-0.15, -0.1) is 0 Å². The molecule has 28 heavy (non-hydrogen) atoms. The maximum atomic E-state index is 5.28. The van der Waals surface area contributed by atoms with Crippen LogP contribution in [-0.4, -0.2) is 51.3 Å². The van der Waals surface area contributed by atoms with Crippen molar-refractivity contribution in [1.29, 1.82) is 0 Å². The smallest absolute Gasteiger partial charge is 0.0781 e. The zero-order chi connectivity index (χ0) is 20.6. The van der Waals surface area contributed by atoms with Gasteiger partial charge in [0.05, 0.1) is 38.1 Å². The molecule has 0 spiro atoms. The lowest BCUT2D eigenvalue weighted by atomic mass is 10.1. The Morgan fingerprint density at radius 1 is 0.500 bits per heavy atom. The van der Waals surface area contributed by atoms with Gasteiger partial charge in [-0.2, -0.15) is 0 Å². The van der Waals surface area contributed by atoms with Crippen LogP contribution >= 0.6 is 0 Å². The Bertz CT molecular complexity index is 191. The van der Waals surface area contributed by atoms with E-state index in [9.17, 15) is 0 Å². The van der Waals surface area contributed by atoms with Crippen LogP contribution in [0.4, 0.5) is 0 Å². The van der Waals surface area contributed by atoms with E-state index in [0.717, 1.165) is 33.0 Å². The Morgan fingerprint density at radius 2 is 0.929 bits per heavy atom. The number of rotatable bonds is 0. The van der Waals surface area contributed by atoms with Crippen molar-refractivity contribution in [3.8, 4) is 0 Å². The van der Waals surface area contributed by atoms with Crippen molar-refractivity contribution in [2.75, 3.05) is 33.0 Å². The molecule has 3 rings (SSSR count). The van der Waals surface area contributed by atoms with Gasteiger partial charge in [0.15, 0.2) is 0 Å². The van der Waals surface area contributed by atoms with Gasteiger partial charge in [-0.3, -0.25) is 0 Å². The Labute approximate surface area is 180 Å². The van der Waals surface area contributed by atoms with Crippen LogP contribution < -0.4 is 0 Å². The number of hydrogen-bond donors (Lipinski definition) is 0. The highest BCUT2D eigenvalue weighted by molar-refractivity contribution is 4.56. The van der Waals surface area contributed by atoms with Gasteiger partial charge in [0, 0.05) is 13.2 Å². The van der Waals surface area contributed by atoms with Gasteiger partial charge in [0.25, 0.3) is 0 Å². The molecule has 178 valence electrons. The van der Waals surface area contributed by atoms with Crippen molar-refractivity contribution >= 4 is 0 Å². The third-order valence-electron chi connectivity index (χ3n) is 3.55. The van der Waals surface area contributed by atoms with E-state index in [4.69, 9.17) is 18.9 Å². The average Bonchev–Trinajstić information content (AvgIpc) is 3.20. The Morgan fingerprint density at radius 3 is 1.11 bits per heavy atom. The van der Waals surface area contributed by atoms with Gasteiger partial charge in [0.2, 0.25) is 0 Å². The maximum absolute atomic E-state index is 5.28. The van der Waals surface area contributed by atoms with Crippen LogP contribution in [0.5, 0.6) is 0 Å². The van der Waals surface area contributed by atoms with E-state index in [0.29, 0.717) is 18.3 Å². The third kappa shape index (κ3) is 30.6. The van der Waals surface area contributed by atoms with Crippen LogP contribution in [0.1, 0.15) is 109 Å². The largest absolute Gasteiger partial charge is 0.379 e. The van der Waals surface area contributed by atoms with Crippen LogP contribution in [0.15, 0.2) is 0 Å².